The van der Waals surface area contributed by atoms with Gasteiger partial charge in [0.2, 0.25) is 11.9 Å². The number of amides is 1. The second kappa shape index (κ2) is 12.2. The van der Waals surface area contributed by atoms with E-state index in [1.807, 2.05) is 56.3 Å². The summed E-state index contributed by atoms with van der Waals surface area (Å²) in [6, 6.07) is 10.3. The van der Waals surface area contributed by atoms with E-state index in [4.69, 9.17) is 21.5 Å². The lowest BCUT2D eigenvalue weighted by Crippen LogP contribution is -2.53. The fourth-order valence-electron chi connectivity index (χ4n) is 4.68. The molecule has 2 aliphatic rings. The third kappa shape index (κ3) is 7.49. The summed E-state index contributed by atoms with van der Waals surface area (Å²) in [6.07, 6.45) is 1.75. The predicted molar refractivity (Wildman–Crippen MR) is 140 cm³/mol. The van der Waals surface area contributed by atoms with Crippen molar-refractivity contribution in [2.45, 2.75) is 75.5 Å². The molecule has 0 unspecified atom stereocenters. The highest BCUT2D eigenvalue weighted by Gasteiger charge is 2.46. The van der Waals surface area contributed by atoms with Crippen molar-refractivity contribution in [1.82, 2.24) is 15.3 Å². The molecule has 0 spiro atoms. The number of aromatic nitrogens is 2. The van der Waals surface area contributed by atoms with Crippen molar-refractivity contribution in [1.29, 1.82) is 0 Å². The van der Waals surface area contributed by atoms with Crippen LogP contribution in [0.1, 0.15) is 56.2 Å². The first-order valence-corrected chi connectivity index (χ1v) is 12.8. The number of rotatable bonds is 6. The van der Waals surface area contributed by atoms with Gasteiger partial charge in [-0.3, -0.25) is 4.79 Å². The first kappa shape index (κ1) is 29.5. The molecule has 0 saturated heterocycles. The van der Waals surface area contributed by atoms with E-state index in [1.54, 1.807) is 0 Å². The molecule has 38 heavy (non-hydrogen) atoms. The third-order valence-electron chi connectivity index (χ3n) is 6.98. The number of carbonyl (C=O) groups excluding carboxylic acids is 1. The molecule has 1 aromatic heterocycles. The predicted octanol–water partition coefficient (Wildman–Crippen LogP) is 5.10. The summed E-state index contributed by atoms with van der Waals surface area (Å²) in [5.74, 6) is -0.987. The summed E-state index contributed by atoms with van der Waals surface area (Å²) < 4.78 is 31.7. The molecule has 2 saturated carbocycles. The zero-order valence-corrected chi connectivity index (χ0v) is 22.4. The highest BCUT2D eigenvalue weighted by molar-refractivity contribution is 6.30. The minimum Gasteiger partial charge on any atom is -0.475 e. The molecule has 0 atom stereocenters. The lowest BCUT2D eigenvalue weighted by molar-refractivity contribution is -0.192. The molecule has 2 aromatic rings. The number of carboxylic acids is 1. The molecule has 0 aliphatic heterocycles. The number of nitrogens with one attached hydrogen (secondary N) is 2. The first-order valence-electron chi connectivity index (χ1n) is 12.5. The maximum atomic E-state index is 13.2. The summed E-state index contributed by atoms with van der Waals surface area (Å²) in [6.45, 7) is 1.99. The molecule has 0 radical (unpaired) electrons. The lowest BCUT2D eigenvalue weighted by atomic mass is 9.63. The minimum atomic E-state index is -5.08. The van der Waals surface area contributed by atoms with E-state index < -0.39 is 12.1 Å². The van der Waals surface area contributed by atoms with E-state index >= 15 is 0 Å². The van der Waals surface area contributed by atoms with Gasteiger partial charge in [-0.15, -0.1) is 0 Å². The maximum absolute atomic E-state index is 13.2. The number of carboxylic acid groups (broad SMARTS) is 1. The van der Waals surface area contributed by atoms with Crippen LogP contribution in [0.25, 0.3) is 0 Å². The number of benzene rings is 1. The molecule has 12 heteroatoms. The Bertz CT molecular complexity index is 1120. The smallest absolute Gasteiger partial charge is 0.475 e. The standard InChI is InChI=1S/C24H32ClN5O.C2HF3O2/c1-16-15-21(30(2)3)29-23(26-16)28-20-11-9-19(10-12-20)27-22(31)24(13-4-14-24)17-5-7-18(25)8-6-17;3-2(4,5)1(6)7/h5-8,15,19-20H,4,9-14H2,1-3H3,(H,27,31)(H,26,28,29);(H,6,7)/t19-,20+;. The molecule has 0 bridgehead atoms. The first-order chi connectivity index (χ1) is 17.8. The molecular weight excluding hydrogens is 523 g/mol. The Morgan fingerprint density at radius 1 is 1.05 bits per heavy atom. The molecule has 208 valence electrons. The Morgan fingerprint density at radius 2 is 1.61 bits per heavy atom. The molecule has 8 nitrogen and oxygen atoms in total. The Kier molecular flexibility index (Phi) is 9.45. The molecule has 4 rings (SSSR count). The van der Waals surface area contributed by atoms with Crippen LogP contribution in [0.4, 0.5) is 24.9 Å². The van der Waals surface area contributed by atoms with Crippen LogP contribution >= 0.6 is 11.6 Å². The van der Waals surface area contributed by atoms with Crippen molar-refractivity contribution in [3.63, 3.8) is 0 Å². The Balaban J connectivity index is 0.000000505. The van der Waals surface area contributed by atoms with Crippen LogP contribution in [0.3, 0.4) is 0 Å². The second-order valence-corrected chi connectivity index (χ2v) is 10.4. The van der Waals surface area contributed by atoms with E-state index in [1.165, 1.54) is 0 Å². The topological polar surface area (TPSA) is 107 Å². The van der Waals surface area contributed by atoms with Gasteiger partial charge in [-0.05, 0) is 63.1 Å². The van der Waals surface area contributed by atoms with Crippen LogP contribution in [-0.2, 0) is 15.0 Å². The maximum Gasteiger partial charge on any atom is 0.490 e. The summed E-state index contributed by atoms with van der Waals surface area (Å²) in [5, 5.41) is 14.7. The van der Waals surface area contributed by atoms with E-state index in [9.17, 15) is 18.0 Å². The van der Waals surface area contributed by atoms with Crippen molar-refractivity contribution < 1.29 is 27.9 Å². The number of aliphatic carboxylic acids is 1. The number of anilines is 2. The van der Waals surface area contributed by atoms with Crippen molar-refractivity contribution in [2.75, 3.05) is 24.3 Å². The number of hydrogen-bond donors (Lipinski definition) is 3. The quantitative estimate of drug-likeness (QED) is 0.455. The van der Waals surface area contributed by atoms with Crippen LogP contribution in [-0.4, -0.2) is 59.3 Å². The third-order valence-corrected chi connectivity index (χ3v) is 7.23. The molecular formula is C26H33ClF3N5O3. The minimum absolute atomic E-state index is 0.176. The van der Waals surface area contributed by atoms with Gasteiger partial charge in [-0.2, -0.15) is 18.2 Å². The van der Waals surface area contributed by atoms with Gasteiger partial charge in [-0.1, -0.05) is 30.2 Å². The van der Waals surface area contributed by atoms with Crippen LogP contribution in [0, 0.1) is 6.92 Å². The Hall–Kier alpha value is -3.08. The molecule has 2 aliphatic carbocycles. The number of carbonyl (C=O) groups is 2. The number of halogens is 4. The van der Waals surface area contributed by atoms with Crippen LogP contribution < -0.4 is 15.5 Å². The average molecular weight is 556 g/mol. The Labute approximate surface area is 225 Å². The normalized spacial score (nSPS) is 20.3. The van der Waals surface area contributed by atoms with E-state index in [-0.39, 0.29) is 17.4 Å². The van der Waals surface area contributed by atoms with Gasteiger partial charge < -0.3 is 20.6 Å². The lowest BCUT2D eigenvalue weighted by Gasteiger charge is -2.42. The fourth-order valence-corrected chi connectivity index (χ4v) is 4.81. The van der Waals surface area contributed by atoms with E-state index in [2.05, 4.69) is 20.6 Å². The highest BCUT2D eigenvalue weighted by Crippen LogP contribution is 2.44. The SMILES string of the molecule is Cc1cc(N(C)C)nc(N[C@H]2CC[C@@H](NC(=O)C3(c4ccc(Cl)cc4)CCC3)CC2)n1.O=C(O)C(F)(F)F. The zero-order chi connectivity index (χ0) is 28.1. The largest absolute Gasteiger partial charge is 0.490 e. The monoisotopic (exact) mass is 555 g/mol. The van der Waals surface area contributed by atoms with Gasteiger partial charge in [0.25, 0.3) is 0 Å². The summed E-state index contributed by atoms with van der Waals surface area (Å²) >= 11 is 6.04. The van der Waals surface area contributed by atoms with Gasteiger partial charge in [0, 0.05) is 43.0 Å². The molecule has 3 N–H and O–H groups in total. The van der Waals surface area contributed by atoms with Crippen molar-refractivity contribution >= 4 is 35.2 Å². The van der Waals surface area contributed by atoms with E-state index in [0.29, 0.717) is 17.0 Å². The molecule has 1 amide bonds. The number of nitrogens with zero attached hydrogens (tertiary/aromatic N) is 3. The summed E-state index contributed by atoms with van der Waals surface area (Å²) in [5.41, 5.74) is 1.66. The molecule has 2 fully saturated rings. The van der Waals surface area contributed by atoms with Gasteiger partial charge in [0.1, 0.15) is 5.82 Å². The number of aryl methyl sites for hydroxylation is 1. The van der Waals surface area contributed by atoms with Crippen molar-refractivity contribution in [3.8, 4) is 0 Å². The van der Waals surface area contributed by atoms with E-state index in [0.717, 1.165) is 62.0 Å². The molecule has 1 aromatic carbocycles. The second-order valence-electron chi connectivity index (χ2n) is 10.00. The van der Waals surface area contributed by atoms with Crippen LogP contribution in [0.2, 0.25) is 5.02 Å². The Morgan fingerprint density at radius 3 is 2.08 bits per heavy atom. The summed E-state index contributed by atoms with van der Waals surface area (Å²) in [7, 11) is 3.97. The average Bonchev–Trinajstić information content (AvgIpc) is 2.80. The van der Waals surface area contributed by atoms with Gasteiger partial charge in [0.15, 0.2) is 0 Å². The number of alkyl halides is 3. The van der Waals surface area contributed by atoms with Crippen molar-refractivity contribution in [3.05, 3.63) is 46.6 Å². The van der Waals surface area contributed by atoms with Crippen molar-refractivity contribution in [2.24, 2.45) is 0 Å². The molecule has 1 heterocycles. The summed E-state index contributed by atoms with van der Waals surface area (Å²) in [4.78, 5) is 33.3. The van der Waals surface area contributed by atoms with Crippen LogP contribution in [0.5, 0.6) is 0 Å². The fraction of sp³-hybridized carbons (Fsp3) is 0.538. The highest BCUT2D eigenvalue weighted by atomic mass is 35.5. The van der Waals surface area contributed by atoms with Gasteiger partial charge in [0.05, 0.1) is 5.41 Å². The zero-order valence-electron chi connectivity index (χ0n) is 21.6. The number of hydrogen-bond acceptors (Lipinski definition) is 6. The van der Waals surface area contributed by atoms with Crippen LogP contribution in [0.15, 0.2) is 30.3 Å². The van der Waals surface area contributed by atoms with Gasteiger partial charge in [-0.25, -0.2) is 9.78 Å². The van der Waals surface area contributed by atoms with Gasteiger partial charge >= 0.3 is 12.1 Å².